The molecule has 1 aliphatic carbocycles. The number of hydrogen-bond acceptors (Lipinski definition) is 5. The summed E-state index contributed by atoms with van der Waals surface area (Å²) in [5.41, 5.74) is 2.26. The molecule has 148 valence electrons. The van der Waals surface area contributed by atoms with E-state index in [9.17, 15) is 10.1 Å². The SMILES string of the molecule is COc1ccc([C@H](C[N+](=O)[O-])[C@@H]2CCCC=C2[NH+]2CCOCC2)cc1OC. The molecular formula is C20H29N2O5+. The van der Waals surface area contributed by atoms with Crippen LogP contribution < -0.4 is 14.4 Å². The Morgan fingerprint density at radius 1 is 1.26 bits per heavy atom. The van der Waals surface area contributed by atoms with Crippen LogP contribution >= 0.6 is 0 Å². The van der Waals surface area contributed by atoms with E-state index in [0.717, 1.165) is 51.1 Å². The van der Waals surface area contributed by atoms with Gasteiger partial charge in [-0.05, 0) is 43.0 Å². The van der Waals surface area contributed by atoms with Crippen LogP contribution in [0.2, 0.25) is 0 Å². The molecule has 1 aliphatic heterocycles. The molecule has 27 heavy (non-hydrogen) atoms. The summed E-state index contributed by atoms with van der Waals surface area (Å²) in [5.74, 6) is 1.24. The van der Waals surface area contributed by atoms with E-state index in [1.165, 1.54) is 10.6 Å². The maximum absolute atomic E-state index is 11.5. The first-order valence-electron chi connectivity index (χ1n) is 9.60. The largest absolute Gasteiger partial charge is 0.493 e. The Kier molecular flexibility index (Phi) is 6.68. The molecule has 1 N–H and O–H groups in total. The molecule has 1 heterocycles. The van der Waals surface area contributed by atoms with Gasteiger partial charge >= 0.3 is 0 Å². The van der Waals surface area contributed by atoms with Crippen molar-refractivity contribution >= 4 is 0 Å². The second-order valence-corrected chi connectivity index (χ2v) is 7.15. The first-order valence-corrected chi connectivity index (χ1v) is 9.60. The monoisotopic (exact) mass is 377 g/mol. The third-order valence-electron chi connectivity index (χ3n) is 5.65. The zero-order valence-corrected chi connectivity index (χ0v) is 16.1. The molecule has 1 aromatic rings. The number of methoxy groups -OCH3 is 2. The molecule has 1 aromatic carbocycles. The van der Waals surface area contributed by atoms with Crippen molar-refractivity contribution < 1.29 is 24.0 Å². The molecular weight excluding hydrogens is 348 g/mol. The molecule has 7 nitrogen and oxygen atoms in total. The average molecular weight is 377 g/mol. The summed E-state index contributed by atoms with van der Waals surface area (Å²) in [4.78, 5) is 12.7. The summed E-state index contributed by atoms with van der Waals surface area (Å²) < 4.78 is 16.3. The average Bonchev–Trinajstić information content (AvgIpc) is 2.72. The number of morpholine rings is 1. The Morgan fingerprint density at radius 3 is 2.67 bits per heavy atom. The second kappa shape index (κ2) is 9.19. The van der Waals surface area contributed by atoms with Crippen molar-refractivity contribution in [2.75, 3.05) is 47.1 Å². The molecule has 2 aliphatic rings. The summed E-state index contributed by atoms with van der Waals surface area (Å²) in [5, 5.41) is 11.5. The van der Waals surface area contributed by atoms with Crippen molar-refractivity contribution in [3.05, 3.63) is 45.6 Å². The fourth-order valence-corrected chi connectivity index (χ4v) is 4.34. The number of nitrogens with zero attached hydrogens (tertiary/aromatic N) is 1. The number of benzene rings is 1. The number of rotatable bonds is 7. The Bertz CT molecular complexity index is 685. The number of quaternary nitrogens is 1. The van der Waals surface area contributed by atoms with E-state index >= 15 is 0 Å². The van der Waals surface area contributed by atoms with Gasteiger partial charge in [0.2, 0.25) is 6.54 Å². The number of nitro groups is 1. The molecule has 0 aromatic heterocycles. The van der Waals surface area contributed by atoms with Crippen LogP contribution in [0, 0.1) is 16.0 Å². The highest BCUT2D eigenvalue weighted by Crippen LogP contribution is 2.38. The van der Waals surface area contributed by atoms with E-state index in [-0.39, 0.29) is 23.3 Å². The van der Waals surface area contributed by atoms with E-state index in [2.05, 4.69) is 6.08 Å². The molecule has 0 radical (unpaired) electrons. The van der Waals surface area contributed by atoms with Crippen LogP contribution in [-0.2, 0) is 4.74 Å². The van der Waals surface area contributed by atoms with Crippen molar-refractivity contribution in [2.24, 2.45) is 5.92 Å². The van der Waals surface area contributed by atoms with E-state index in [1.54, 1.807) is 14.2 Å². The van der Waals surface area contributed by atoms with Crippen LogP contribution in [0.3, 0.4) is 0 Å². The molecule has 0 bridgehead atoms. The predicted octanol–water partition coefficient (Wildman–Crippen LogP) is 1.66. The van der Waals surface area contributed by atoms with Gasteiger partial charge < -0.3 is 19.1 Å². The molecule has 7 heteroatoms. The summed E-state index contributed by atoms with van der Waals surface area (Å²) in [6.07, 6.45) is 5.40. The van der Waals surface area contributed by atoms with E-state index in [1.807, 2.05) is 18.2 Å². The third kappa shape index (κ3) is 4.59. The quantitative estimate of drug-likeness (QED) is 0.578. The number of nitrogens with one attached hydrogen (secondary N) is 1. The Labute approximate surface area is 160 Å². The van der Waals surface area contributed by atoms with Gasteiger partial charge in [0.05, 0.1) is 33.4 Å². The van der Waals surface area contributed by atoms with Crippen molar-refractivity contribution in [1.29, 1.82) is 0 Å². The van der Waals surface area contributed by atoms with Gasteiger partial charge in [-0.25, -0.2) is 0 Å². The third-order valence-corrected chi connectivity index (χ3v) is 5.65. The fraction of sp³-hybridized carbons (Fsp3) is 0.600. The highest BCUT2D eigenvalue weighted by Gasteiger charge is 2.37. The van der Waals surface area contributed by atoms with Crippen molar-refractivity contribution in [2.45, 2.75) is 25.2 Å². The number of ether oxygens (including phenoxy) is 3. The van der Waals surface area contributed by atoms with Gasteiger partial charge in [0, 0.05) is 10.8 Å². The molecule has 3 rings (SSSR count). The summed E-state index contributed by atoms with van der Waals surface area (Å²) in [6.45, 7) is 3.27. The van der Waals surface area contributed by atoms with Crippen LogP contribution in [-0.4, -0.2) is 52.0 Å². The van der Waals surface area contributed by atoms with Crippen LogP contribution in [0.15, 0.2) is 30.0 Å². The van der Waals surface area contributed by atoms with E-state index in [4.69, 9.17) is 14.2 Å². The normalized spacial score (nSPS) is 22.0. The Hall–Kier alpha value is -2.12. The van der Waals surface area contributed by atoms with E-state index in [0.29, 0.717) is 11.5 Å². The van der Waals surface area contributed by atoms with Crippen LogP contribution in [0.5, 0.6) is 11.5 Å². The zero-order valence-electron chi connectivity index (χ0n) is 16.1. The first kappa shape index (κ1) is 19.6. The highest BCUT2D eigenvalue weighted by molar-refractivity contribution is 5.44. The molecule has 0 unspecified atom stereocenters. The van der Waals surface area contributed by atoms with Gasteiger partial charge in [-0.15, -0.1) is 0 Å². The predicted molar refractivity (Wildman–Crippen MR) is 101 cm³/mol. The van der Waals surface area contributed by atoms with Crippen molar-refractivity contribution in [3.63, 3.8) is 0 Å². The standard InChI is InChI=1S/C20H28N2O5/c1-25-19-8-7-15(13-20(19)26-2)17(14-22(23)24)16-5-3-4-6-18(16)21-9-11-27-12-10-21/h6-8,13,16-17H,3-5,9-12,14H2,1-2H3/p+1/t16-,17-/m0/s1. The van der Waals surface area contributed by atoms with Gasteiger partial charge in [-0.1, -0.05) is 6.07 Å². The Balaban J connectivity index is 1.94. The summed E-state index contributed by atoms with van der Waals surface area (Å²) in [7, 11) is 3.18. The maximum Gasteiger partial charge on any atom is 0.211 e. The molecule has 0 amide bonds. The summed E-state index contributed by atoms with van der Waals surface area (Å²) >= 11 is 0. The lowest BCUT2D eigenvalue weighted by Crippen LogP contribution is -3.13. The lowest BCUT2D eigenvalue weighted by Gasteiger charge is -2.35. The zero-order chi connectivity index (χ0) is 19.2. The van der Waals surface area contributed by atoms with E-state index < -0.39 is 0 Å². The van der Waals surface area contributed by atoms with Gasteiger partial charge in [-0.2, -0.15) is 0 Å². The van der Waals surface area contributed by atoms with Gasteiger partial charge in [0.1, 0.15) is 18.8 Å². The summed E-state index contributed by atoms with van der Waals surface area (Å²) in [6, 6.07) is 5.68. The van der Waals surface area contributed by atoms with Gasteiger partial charge in [0.25, 0.3) is 0 Å². The molecule has 0 saturated carbocycles. The van der Waals surface area contributed by atoms with Crippen molar-refractivity contribution in [3.8, 4) is 11.5 Å². The minimum atomic E-state index is -0.192. The minimum absolute atomic E-state index is 0.0821. The lowest BCUT2D eigenvalue weighted by molar-refractivity contribution is -0.874. The van der Waals surface area contributed by atoms with Crippen LogP contribution in [0.1, 0.15) is 30.7 Å². The molecule has 1 fully saturated rings. The van der Waals surface area contributed by atoms with Gasteiger partial charge in [0.15, 0.2) is 11.5 Å². The van der Waals surface area contributed by atoms with Crippen LogP contribution in [0.25, 0.3) is 0 Å². The van der Waals surface area contributed by atoms with Crippen LogP contribution in [0.4, 0.5) is 0 Å². The molecule has 1 saturated heterocycles. The lowest BCUT2D eigenvalue weighted by atomic mass is 9.77. The fourth-order valence-electron chi connectivity index (χ4n) is 4.34. The highest BCUT2D eigenvalue weighted by atomic mass is 16.6. The van der Waals surface area contributed by atoms with Gasteiger partial charge in [-0.3, -0.25) is 10.1 Å². The molecule has 0 spiro atoms. The first-order chi connectivity index (χ1) is 13.1. The second-order valence-electron chi connectivity index (χ2n) is 7.15. The number of hydrogen-bond donors (Lipinski definition) is 1. The topological polar surface area (TPSA) is 75.3 Å². The maximum atomic E-state index is 11.5. The number of allylic oxidation sites excluding steroid dienone is 2. The Morgan fingerprint density at radius 2 is 2.00 bits per heavy atom. The minimum Gasteiger partial charge on any atom is -0.493 e. The smallest absolute Gasteiger partial charge is 0.211 e. The molecule has 2 atom stereocenters. The van der Waals surface area contributed by atoms with Crippen molar-refractivity contribution in [1.82, 2.24) is 0 Å².